The molecule has 2 saturated heterocycles. The number of nitrogens with zero attached hydrogens (tertiary/aromatic N) is 2. The number of aliphatic imine (C=N–C) groups is 1. The third-order valence-electron chi connectivity index (χ3n) is 3.48. The summed E-state index contributed by atoms with van der Waals surface area (Å²) in [5.74, 6) is 1.10. The second-order valence-electron chi connectivity index (χ2n) is 4.85. The van der Waals surface area contributed by atoms with Gasteiger partial charge in [0.1, 0.15) is 0 Å². The summed E-state index contributed by atoms with van der Waals surface area (Å²) >= 11 is 0. The average Bonchev–Trinajstić information content (AvgIpc) is 3.01. The predicted molar refractivity (Wildman–Crippen MR) is 70.4 cm³/mol. The SMILES string of the molecule is CCNC(=NCCC1CCCO1)N1CCCC1. The highest BCUT2D eigenvalue weighted by atomic mass is 16.5. The Balaban J connectivity index is 1.77. The van der Waals surface area contributed by atoms with Gasteiger partial charge in [-0.1, -0.05) is 0 Å². The molecule has 1 N–H and O–H groups in total. The van der Waals surface area contributed by atoms with Crippen molar-refractivity contribution in [1.82, 2.24) is 10.2 Å². The molecule has 0 saturated carbocycles. The fraction of sp³-hybridized carbons (Fsp3) is 0.923. The molecule has 2 heterocycles. The van der Waals surface area contributed by atoms with Gasteiger partial charge in [-0.25, -0.2) is 0 Å². The largest absolute Gasteiger partial charge is 0.378 e. The highest BCUT2D eigenvalue weighted by Gasteiger charge is 2.17. The molecule has 0 aromatic carbocycles. The van der Waals surface area contributed by atoms with Crippen molar-refractivity contribution < 1.29 is 4.74 Å². The lowest BCUT2D eigenvalue weighted by atomic mass is 10.2. The highest BCUT2D eigenvalue weighted by Crippen LogP contribution is 2.15. The van der Waals surface area contributed by atoms with E-state index in [-0.39, 0.29) is 0 Å². The van der Waals surface area contributed by atoms with Gasteiger partial charge in [0.05, 0.1) is 6.10 Å². The smallest absolute Gasteiger partial charge is 0.193 e. The molecule has 1 unspecified atom stereocenters. The van der Waals surface area contributed by atoms with Gasteiger partial charge in [-0.15, -0.1) is 0 Å². The van der Waals surface area contributed by atoms with Crippen molar-refractivity contribution in [3.05, 3.63) is 0 Å². The van der Waals surface area contributed by atoms with E-state index in [1.54, 1.807) is 0 Å². The summed E-state index contributed by atoms with van der Waals surface area (Å²) in [5.41, 5.74) is 0. The standard InChI is InChI=1S/C13H25N3O/c1-2-14-13(16-9-3-4-10-16)15-8-7-12-6-5-11-17-12/h12H,2-11H2,1H3,(H,14,15). The number of ether oxygens (including phenoxy) is 1. The normalized spacial score (nSPS) is 25.6. The van der Waals surface area contributed by atoms with Gasteiger partial charge >= 0.3 is 0 Å². The summed E-state index contributed by atoms with van der Waals surface area (Å²) in [5, 5.41) is 3.39. The fourth-order valence-corrected chi connectivity index (χ4v) is 2.54. The third kappa shape index (κ3) is 3.87. The van der Waals surface area contributed by atoms with Crippen molar-refractivity contribution in [2.24, 2.45) is 4.99 Å². The highest BCUT2D eigenvalue weighted by molar-refractivity contribution is 5.80. The van der Waals surface area contributed by atoms with Gasteiger partial charge in [-0.2, -0.15) is 0 Å². The molecular weight excluding hydrogens is 214 g/mol. The first-order chi connectivity index (χ1) is 8.40. The number of hydrogen-bond acceptors (Lipinski definition) is 2. The van der Waals surface area contributed by atoms with Crippen molar-refractivity contribution in [1.29, 1.82) is 0 Å². The van der Waals surface area contributed by atoms with Crippen LogP contribution in [0.1, 0.15) is 39.0 Å². The Hall–Kier alpha value is -0.770. The van der Waals surface area contributed by atoms with E-state index in [2.05, 4.69) is 17.1 Å². The quantitative estimate of drug-likeness (QED) is 0.598. The van der Waals surface area contributed by atoms with E-state index in [1.165, 1.54) is 25.7 Å². The number of rotatable bonds is 4. The Kier molecular flexibility index (Phi) is 5.10. The zero-order valence-corrected chi connectivity index (χ0v) is 11.0. The van der Waals surface area contributed by atoms with Crippen molar-refractivity contribution in [3.8, 4) is 0 Å². The van der Waals surface area contributed by atoms with Crippen LogP contribution in [-0.4, -0.2) is 49.7 Å². The minimum atomic E-state index is 0.459. The maximum Gasteiger partial charge on any atom is 0.193 e. The zero-order chi connectivity index (χ0) is 11.9. The molecule has 4 heteroatoms. The molecule has 0 amide bonds. The Bertz CT molecular complexity index is 243. The molecule has 98 valence electrons. The molecule has 0 aromatic rings. The average molecular weight is 239 g/mol. The Labute approximate surface area is 104 Å². The van der Waals surface area contributed by atoms with Crippen LogP contribution in [0.15, 0.2) is 4.99 Å². The molecule has 0 bridgehead atoms. The summed E-state index contributed by atoms with van der Waals surface area (Å²) in [4.78, 5) is 7.08. The predicted octanol–water partition coefficient (Wildman–Crippen LogP) is 1.62. The van der Waals surface area contributed by atoms with Gasteiger partial charge in [0.25, 0.3) is 0 Å². The Morgan fingerprint density at radius 1 is 1.35 bits per heavy atom. The van der Waals surface area contributed by atoms with Gasteiger partial charge in [-0.05, 0) is 39.0 Å². The summed E-state index contributed by atoms with van der Waals surface area (Å²) in [6.45, 7) is 7.24. The molecule has 4 nitrogen and oxygen atoms in total. The molecule has 0 radical (unpaired) electrons. The first-order valence-electron chi connectivity index (χ1n) is 7.05. The van der Waals surface area contributed by atoms with Gasteiger partial charge < -0.3 is 15.0 Å². The van der Waals surface area contributed by atoms with Crippen LogP contribution in [0.2, 0.25) is 0 Å². The lowest BCUT2D eigenvalue weighted by molar-refractivity contribution is 0.106. The van der Waals surface area contributed by atoms with Crippen LogP contribution in [0.3, 0.4) is 0 Å². The van der Waals surface area contributed by atoms with Gasteiger partial charge in [0, 0.05) is 32.8 Å². The molecule has 0 aliphatic carbocycles. The van der Waals surface area contributed by atoms with Crippen LogP contribution in [0.4, 0.5) is 0 Å². The van der Waals surface area contributed by atoms with Crippen LogP contribution in [0.25, 0.3) is 0 Å². The van der Waals surface area contributed by atoms with Gasteiger partial charge in [-0.3, -0.25) is 4.99 Å². The van der Waals surface area contributed by atoms with Crippen molar-refractivity contribution in [3.63, 3.8) is 0 Å². The lowest BCUT2D eigenvalue weighted by Gasteiger charge is -2.20. The summed E-state index contributed by atoms with van der Waals surface area (Å²) in [7, 11) is 0. The Morgan fingerprint density at radius 2 is 2.18 bits per heavy atom. The monoisotopic (exact) mass is 239 g/mol. The number of likely N-dealkylation sites (tertiary alicyclic amines) is 1. The molecular formula is C13H25N3O. The van der Waals surface area contributed by atoms with Crippen molar-refractivity contribution in [2.75, 3.05) is 32.8 Å². The summed E-state index contributed by atoms with van der Waals surface area (Å²) in [6, 6.07) is 0. The minimum absolute atomic E-state index is 0.459. The summed E-state index contributed by atoms with van der Waals surface area (Å²) in [6.07, 6.45) is 6.57. The van der Waals surface area contributed by atoms with Crippen LogP contribution in [-0.2, 0) is 4.74 Å². The van der Waals surface area contributed by atoms with Gasteiger partial charge in [0.2, 0.25) is 0 Å². The van der Waals surface area contributed by atoms with E-state index >= 15 is 0 Å². The molecule has 2 aliphatic rings. The molecule has 1 atom stereocenters. The van der Waals surface area contributed by atoms with E-state index in [0.717, 1.165) is 45.2 Å². The fourth-order valence-electron chi connectivity index (χ4n) is 2.54. The van der Waals surface area contributed by atoms with E-state index in [4.69, 9.17) is 9.73 Å². The minimum Gasteiger partial charge on any atom is -0.378 e. The maximum atomic E-state index is 5.62. The van der Waals surface area contributed by atoms with Crippen molar-refractivity contribution in [2.45, 2.75) is 45.1 Å². The van der Waals surface area contributed by atoms with Crippen LogP contribution >= 0.6 is 0 Å². The number of guanidine groups is 1. The van der Waals surface area contributed by atoms with Crippen LogP contribution in [0.5, 0.6) is 0 Å². The topological polar surface area (TPSA) is 36.9 Å². The molecule has 0 spiro atoms. The zero-order valence-electron chi connectivity index (χ0n) is 11.0. The molecule has 2 fully saturated rings. The molecule has 0 aromatic heterocycles. The van der Waals surface area contributed by atoms with Gasteiger partial charge in [0.15, 0.2) is 5.96 Å². The van der Waals surface area contributed by atoms with Crippen LogP contribution < -0.4 is 5.32 Å². The molecule has 2 aliphatic heterocycles. The van der Waals surface area contributed by atoms with E-state index in [9.17, 15) is 0 Å². The second kappa shape index (κ2) is 6.84. The molecule has 17 heavy (non-hydrogen) atoms. The van der Waals surface area contributed by atoms with Crippen molar-refractivity contribution >= 4 is 5.96 Å². The van der Waals surface area contributed by atoms with Crippen LogP contribution in [0, 0.1) is 0 Å². The van der Waals surface area contributed by atoms with E-state index in [1.807, 2.05) is 0 Å². The molecule has 2 rings (SSSR count). The first kappa shape index (κ1) is 12.7. The Morgan fingerprint density at radius 3 is 2.82 bits per heavy atom. The maximum absolute atomic E-state index is 5.62. The second-order valence-corrected chi connectivity index (χ2v) is 4.85. The van der Waals surface area contributed by atoms with E-state index < -0.39 is 0 Å². The lowest BCUT2D eigenvalue weighted by Crippen LogP contribution is -2.39. The first-order valence-corrected chi connectivity index (χ1v) is 7.05. The third-order valence-corrected chi connectivity index (χ3v) is 3.48. The van der Waals surface area contributed by atoms with E-state index in [0.29, 0.717) is 6.10 Å². The summed E-state index contributed by atoms with van der Waals surface area (Å²) < 4.78 is 5.62. The number of nitrogens with one attached hydrogen (secondary N) is 1. The number of hydrogen-bond donors (Lipinski definition) is 1.